The van der Waals surface area contributed by atoms with E-state index in [-0.39, 0.29) is 27.8 Å². The van der Waals surface area contributed by atoms with Gasteiger partial charge in [0.05, 0.1) is 27.1 Å². The van der Waals surface area contributed by atoms with E-state index < -0.39 is 33.7 Å². The van der Waals surface area contributed by atoms with Crippen LogP contribution >= 0.6 is 11.6 Å². The summed E-state index contributed by atoms with van der Waals surface area (Å²) in [6.07, 6.45) is -4.57. The minimum atomic E-state index is -4.57. The Balaban J connectivity index is 2.12. The van der Waals surface area contributed by atoms with Gasteiger partial charge in [-0.2, -0.15) is 13.2 Å². The fraction of sp³-hybridized carbons (Fsp3) is 0.316. The first-order chi connectivity index (χ1) is 13.8. The Morgan fingerprint density at radius 3 is 2.43 bits per heavy atom. The third-order valence-corrected chi connectivity index (χ3v) is 6.16. The van der Waals surface area contributed by atoms with Gasteiger partial charge in [-0.15, -0.1) is 0 Å². The third kappa shape index (κ3) is 5.65. The number of alkyl halides is 3. The van der Waals surface area contributed by atoms with Crippen LogP contribution in [0.1, 0.15) is 22.8 Å². The van der Waals surface area contributed by atoms with Crippen LogP contribution in [0.5, 0.6) is 5.75 Å². The van der Waals surface area contributed by atoms with Crippen LogP contribution in [-0.2, 0) is 16.2 Å². The Kier molecular flexibility index (Phi) is 7.38. The van der Waals surface area contributed by atoms with Gasteiger partial charge in [-0.3, -0.25) is 4.79 Å². The van der Waals surface area contributed by atoms with Crippen LogP contribution in [0.2, 0.25) is 5.02 Å². The highest BCUT2D eigenvalue weighted by atomic mass is 35.5. The molecule has 0 heterocycles. The number of rotatable bonds is 7. The van der Waals surface area contributed by atoms with Gasteiger partial charge in [-0.1, -0.05) is 23.7 Å². The van der Waals surface area contributed by atoms with Gasteiger partial charge in [0.2, 0.25) is 10.0 Å². The minimum absolute atomic E-state index is 0.0285. The van der Waals surface area contributed by atoms with Gasteiger partial charge < -0.3 is 10.1 Å². The van der Waals surface area contributed by atoms with E-state index in [2.05, 4.69) is 5.32 Å². The van der Waals surface area contributed by atoms with E-state index in [0.29, 0.717) is 0 Å². The van der Waals surface area contributed by atoms with Gasteiger partial charge in [0.15, 0.2) is 0 Å². The zero-order valence-electron chi connectivity index (χ0n) is 16.3. The number of nitrogens with zero attached hydrogens (tertiary/aromatic N) is 1. The van der Waals surface area contributed by atoms with Crippen molar-refractivity contribution in [2.24, 2.45) is 0 Å². The monoisotopic (exact) mass is 464 g/mol. The molecule has 6 nitrogen and oxygen atoms in total. The first-order valence-electron chi connectivity index (χ1n) is 8.66. The Morgan fingerprint density at radius 2 is 1.83 bits per heavy atom. The van der Waals surface area contributed by atoms with Gasteiger partial charge >= 0.3 is 6.18 Å². The summed E-state index contributed by atoms with van der Waals surface area (Å²) in [4.78, 5) is 12.4. The molecule has 0 aliphatic rings. The molecule has 0 saturated carbocycles. The maximum atomic E-state index is 13.0. The molecule has 164 valence electrons. The van der Waals surface area contributed by atoms with Gasteiger partial charge in [0.1, 0.15) is 12.4 Å². The number of carbonyl (C=O) groups excluding carboxylic acids is 1. The normalized spacial score (nSPS) is 13.2. The van der Waals surface area contributed by atoms with Crippen molar-refractivity contribution in [3.63, 3.8) is 0 Å². The minimum Gasteiger partial charge on any atom is -0.491 e. The standard InChI is InChI=1S/C19H20ClF3N2O4S/c1-12(11-29-17-7-5-4-6-15(17)19(21,22)23)24-18(26)14-10-13(8-9-16(14)20)30(27,28)25(2)3/h4-10,12H,11H2,1-3H3,(H,24,26). The lowest BCUT2D eigenvalue weighted by molar-refractivity contribution is -0.139. The van der Waals surface area contributed by atoms with E-state index in [1.165, 1.54) is 51.4 Å². The molecule has 1 amide bonds. The summed E-state index contributed by atoms with van der Waals surface area (Å²) in [6.45, 7) is 1.29. The number of hydrogen-bond acceptors (Lipinski definition) is 4. The van der Waals surface area contributed by atoms with E-state index in [9.17, 15) is 26.4 Å². The van der Waals surface area contributed by atoms with Crippen molar-refractivity contribution in [1.82, 2.24) is 9.62 Å². The molecule has 0 radical (unpaired) electrons. The molecule has 0 aliphatic heterocycles. The summed E-state index contributed by atoms with van der Waals surface area (Å²) in [5.74, 6) is -1.04. The van der Waals surface area contributed by atoms with Crippen LogP contribution in [0.15, 0.2) is 47.4 Å². The molecule has 0 spiro atoms. The van der Waals surface area contributed by atoms with E-state index in [4.69, 9.17) is 16.3 Å². The predicted octanol–water partition coefficient (Wildman–Crippen LogP) is 3.81. The quantitative estimate of drug-likeness (QED) is 0.676. The first kappa shape index (κ1) is 24.0. The lowest BCUT2D eigenvalue weighted by Gasteiger charge is -2.18. The number of sulfonamides is 1. The van der Waals surface area contributed by atoms with Crippen LogP contribution in [0.3, 0.4) is 0 Å². The van der Waals surface area contributed by atoms with E-state index in [0.717, 1.165) is 16.4 Å². The summed E-state index contributed by atoms with van der Waals surface area (Å²) in [5.41, 5.74) is -1.00. The van der Waals surface area contributed by atoms with Gasteiger partial charge in [-0.25, -0.2) is 12.7 Å². The smallest absolute Gasteiger partial charge is 0.419 e. The average molecular weight is 465 g/mol. The number of para-hydroxylation sites is 1. The topological polar surface area (TPSA) is 75.7 Å². The van der Waals surface area contributed by atoms with Crippen LogP contribution in [-0.4, -0.2) is 45.4 Å². The SMILES string of the molecule is CC(COc1ccccc1C(F)(F)F)NC(=O)c1cc(S(=O)(=O)N(C)C)ccc1Cl. The second-order valence-electron chi connectivity index (χ2n) is 6.61. The zero-order valence-corrected chi connectivity index (χ0v) is 17.9. The van der Waals surface area contributed by atoms with Crippen molar-refractivity contribution in [2.75, 3.05) is 20.7 Å². The fourth-order valence-corrected chi connectivity index (χ4v) is 3.57. The van der Waals surface area contributed by atoms with E-state index in [1.807, 2.05) is 0 Å². The van der Waals surface area contributed by atoms with E-state index in [1.54, 1.807) is 0 Å². The van der Waals surface area contributed by atoms with Gasteiger partial charge in [0.25, 0.3) is 5.91 Å². The second-order valence-corrected chi connectivity index (χ2v) is 9.17. The highest BCUT2D eigenvalue weighted by molar-refractivity contribution is 7.89. The predicted molar refractivity (Wildman–Crippen MR) is 106 cm³/mol. The molecule has 0 saturated heterocycles. The van der Waals surface area contributed by atoms with Crippen LogP contribution in [0.4, 0.5) is 13.2 Å². The Hall–Kier alpha value is -2.30. The number of halogens is 4. The molecule has 1 atom stereocenters. The number of hydrogen-bond donors (Lipinski definition) is 1. The molecule has 2 aromatic carbocycles. The lowest BCUT2D eigenvalue weighted by Crippen LogP contribution is -2.37. The van der Waals surface area contributed by atoms with Crippen molar-refractivity contribution in [3.8, 4) is 5.75 Å². The van der Waals surface area contributed by atoms with Crippen molar-refractivity contribution in [3.05, 3.63) is 58.6 Å². The van der Waals surface area contributed by atoms with Gasteiger partial charge in [0, 0.05) is 14.1 Å². The Morgan fingerprint density at radius 1 is 1.20 bits per heavy atom. The number of carbonyl (C=O) groups is 1. The number of benzene rings is 2. The number of ether oxygens (including phenoxy) is 1. The molecule has 11 heteroatoms. The number of amides is 1. The molecular formula is C19H20ClF3N2O4S. The number of nitrogens with one attached hydrogen (secondary N) is 1. The second kappa shape index (κ2) is 9.23. The fourth-order valence-electron chi connectivity index (χ4n) is 2.43. The van der Waals surface area contributed by atoms with Crippen LogP contribution in [0, 0.1) is 0 Å². The summed E-state index contributed by atoms with van der Waals surface area (Å²) in [6, 6.07) is 7.74. The summed E-state index contributed by atoms with van der Waals surface area (Å²) in [5, 5.41) is 2.56. The van der Waals surface area contributed by atoms with E-state index >= 15 is 0 Å². The summed E-state index contributed by atoms with van der Waals surface area (Å²) < 4.78 is 69.8. The van der Waals surface area contributed by atoms with Crippen molar-refractivity contribution >= 4 is 27.5 Å². The Bertz CT molecular complexity index is 1030. The average Bonchev–Trinajstić information content (AvgIpc) is 2.65. The van der Waals surface area contributed by atoms with Gasteiger partial charge in [-0.05, 0) is 37.3 Å². The molecule has 30 heavy (non-hydrogen) atoms. The zero-order chi connectivity index (χ0) is 22.7. The first-order valence-corrected chi connectivity index (χ1v) is 10.5. The highest BCUT2D eigenvalue weighted by Crippen LogP contribution is 2.35. The van der Waals surface area contributed by atoms with Crippen LogP contribution < -0.4 is 10.1 Å². The summed E-state index contributed by atoms with van der Waals surface area (Å²) in [7, 11) is -1.08. The summed E-state index contributed by atoms with van der Waals surface area (Å²) >= 11 is 6.02. The molecule has 2 aromatic rings. The van der Waals surface area contributed by atoms with Crippen molar-refractivity contribution < 1.29 is 31.1 Å². The lowest BCUT2D eigenvalue weighted by atomic mass is 10.2. The maximum absolute atomic E-state index is 13.0. The van der Waals surface area contributed by atoms with Crippen LogP contribution in [0.25, 0.3) is 0 Å². The third-order valence-electron chi connectivity index (χ3n) is 4.02. The molecule has 0 bridgehead atoms. The largest absolute Gasteiger partial charge is 0.491 e. The molecule has 1 N–H and O–H groups in total. The molecule has 2 rings (SSSR count). The highest BCUT2D eigenvalue weighted by Gasteiger charge is 2.34. The molecule has 1 unspecified atom stereocenters. The molecule has 0 aromatic heterocycles. The van der Waals surface area contributed by atoms with Crippen molar-refractivity contribution in [1.29, 1.82) is 0 Å². The maximum Gasteiger partial charge on any atom is 0.419 e. The Labute approximate surface area is 177 Å². The molecule has 0 fully saturated rings. The van der Waals surface area contributed by atoms with Crippen molar-refractivity contribution in [2.45, 2.75) is 24.0 Å². The molecule has 0 aliphatic carbocycles. The molecular weight excluding hydrogens is 445 g/mol.